The van der Waals surface area contributed by atoms with Crippen LogP contribution in [0.1, 0.15) is 6.42 Å². The van der Waals surface area contributed by atoms with Crippen LogP contribution in [0.25, 0.3) is 11.1 Å². The molecule has 0 unspecified atom stereocenters. The summed E-state index contributed by atoms with van der Waals surface area (Å²) in [6.07, 6.45) is 0.776. The lowest BCUT2D eigenvalue weighted by atomic mass is 10.1. The van der Waals surface area contributed by atoms with Crippen molar-refractivity contribution < 1.29 is 13.5 Å². The molecule has 0 amide bonds. The second-order valence-electron chi connectivity index (χ2n) is 6.54. The second kappa shape index (κ2) is 8.06. The van der Waals surface area contributed by atoms with Crippen LogP contribution in [0.5, 0.6) is 0 Å². The molecular formula is C19H23ClN2O3S. The zero-order valence-electron chi connectivity index (χ0n) is 14.7. The monoisotopic (exact) mass is 394 g/mol. The number of halogens is 1. The quantitative estimate of drug-likeness (QED) is 0.818. The average Bonchev–Trinajstić information content (AvgIpc) is 3.14. The van der Waals surface area contributed by atoms with Gasteiger partial charge in [-0.15, -0.1) is 0 Å². The van der Waals surface area contributed by atoms with Crippen molar-refractivity contribution in [3.05, 3.63) is 53.6 Å². The molecule has 1 atom stereocenters. The predicted octanol–water partition coefficient (Wildman–Crippen LogP) is 2.69. The van der Waals surface area contributed by atoms with Crippen LogP contribution in [0.3, 0.4) is 0 Å². The highest BCUT2D eigenvalue weighted by atomic mass is 35.5. The first-order valence-electron chi connectivity index (χ1n) is 8.59. The minimum Gasteiger partial charge on any atom is -0.395 e. The maximum atomic E-state index is 12.9. The number of sulfonamides is 1. The highest BCUT2D eigenvalue weighted by Gasteiger charge is 2.34. The van der Waals surface area contributed by atoms with Gasteiger partial charge in [0.05, 0.1) is 11.5 Å². The number of nitrogens with zero attached hydrogens (tertiary/aromatic N) is 2. The lowest BCUT2D eigenvalue weighted by molar-refractivity contribution is 0.184. The molecule has 0 aromatic heterocycles. The Morgan fingerprint density at radius 1 is 1.12 bits per heavy atom. The summed E-state index contributed by atoms with van der Waals surface area (Å²) in [6, 6.07) is 14.5. The molecule has 140 valence electrons. The van der Waals surface area contributed by atoms with Gasteiger partial charge in [0.15, 0.2) is 0 Å². The summed E-state index contributed by atoms with van der Waals surface area (Å²) in [4.78, 5) is 2.32. The summed E-state index contributed by atoms with van der Waals surface area (Å²) in [5.74, 6) is 0. The maximum Gasteiger partial charge on any atom is 0.243 e. The lowest BCUT2D eigenvalue weighted by Gasteiger charge is -2.23. The number of benzene rings is 2. The fraction of sp³-hybridized carbons (Fsp3) is 0.368. The number of rotatable bonds is 6. The van der Waals surface area contributed by atoms with Gasteiger partial charge in [0.25, 0.3) is 0 Å². The molecule has 3 rings (SSSR count). The van der Waals surface area contributed by atoms with Gasteiger partial charge in [-0.1, -0.05) is 35.9 Å². The van der Waals surface area contributed by atoms with E-state index in [1.165, 1.54) is 4.31 Å². The van der Waals surface area contributed by atoms with Crippen molar-refractivity contribution in [3.63, 3.8) is 0 Å². The third-order valence-electron chi connectivity index (χ3n) is 4.87. The molecule has 7 heteroatoms. The molecule has 1 aliphatic rings. The molecular weight excluding hydrogens is 372 g/mol. The van der Waals surface area contributed by atoms with Crippen LogP contribution in [0.15, 0.2) is 53.4 Å². The predicted molar refractivity (Wildman–Crippen MR) is 104 cm³/mol. The molecule has 5 nitrogen and oxygen atoms in total. The Bertz CT molecular complexity index is 838. The van der Waals surface area contributed by atoms with Crippen molar-refractivity contribution in [3.8, 4) is 11.1 Å². The summed E-state index contributed by atoms with van der Waals surface area (Å²) in [5.41, 5.74) is 1.94. The van der Waals surface area contributed by atoms with Gasteiger partial charge in [0.1, 0.15) is 0 Å². The summed E-state index contributed by atoms with van der Waals surface area (Å²) in [6.45, 7) is 1.58. The van der Waals surface area contributed by atoms with Crippen molar-refractivity contribution in [1.29, 1.82) is 0 Å². The minimum atomic E-state index is -3.50. The molecule has 2 aromatic carbocycles. The fourth-order valence-corrected chi connectivity index (χ4v) is 4.86. The normalized spacial score (nSPS) is 18.5. The smallest absolute Gasteiger partial charge is 0.243 e. The standard InChI is InChI=1S/C19H23ClN2O3S/c1-21(12-13-23)18-10-11-22(14-18)26(24,25)19-8-4-16(5-9-19)15-2-6-17(20)7-3-15/h2-9,18,23H,10-14H2,1H3/t18-/m1/s1. The molecule has 1 fully saturated rings. The van der Waals surface area contributed by atoms with Crippen LogP contribution >= 0.6 is 11.6 Å². The van der Waals surface area contributed by atoms with Gasteiger partial charge in [0, 0.05) is 30.7 Å². The van der Waals surface area contributed by atoms with Gasteiger partial charge in [-0.3, -0.25) is 4.90 Å². The van der Waals surface area contributed by atoms with Gasteiger partial charge >= 0.3 is 0 Å². The molecule has 1 N–H and O–H groups in total. The third kappa shape index (κ3) is 4.10. The van der Waals surface area contributed by atoms with Crippen LogP contribution in [0.4, 0.5) is 0 Å². The number of aliphatic hydroxyl groups is 1. The summed E-state index contributed by atoms with van der Waals surface area (Å²) in [7, 11) is -1.59. The molecule has 0 spiro atoms. The Kier molecular flexibility index (Phi) is 5.99. The Morgan fingerprint density at radius 2 is 1.69 bits per heavy atom. The summed E-state index contributed by atoms with van der Waals surface area (Å²) in [5, 5.41) is 9.72. The van der Waals surface area contributed by atoms with E-state index in [-0.39, 0.29) is 12.6 Å². The Hall–Kier alpha value is -1.44. The molecule has 1 heterocycles. The molecule has 1 saturated heterocycles. The van der Waals surface area contributed by atoms with Crippen LogP contribution in [-0.2, 0) is 10.0 Å². The van der Waals surface area contributed by atoms with Crippen molar-refractivity contribution in [2.45, 2.75) is 17.4 Å². The lowest BCUT2D eigenvalue weighted by Crippen LogP contribution is -2.37. The van der Waals surface area contributed by atoms with Crippen LogP contribution in [0, 0.1) is 0 Å². The SMILES string of the molecule is CN(CCO)[C@@H]1CCN(S(=O)(=O)c2ccc(-c3ccc(Cl)cc3)cc2)C1. The van der Waals surface area contributed by atoms with Crippen LogP contribution in [0.2, 0.25) is 5.02 Å². The Labute approximate surface area is 159 Å². The average molecular weight is 395 g/mol. The minimum absolute atomic E-state index is 0.0753. The topological polar surface area (TPSA) is 60.9 Å². The van der Waals surface area contributed by atoms with Gasteiger partial charge in [-0.05, 0) is 48.9 Å². The van der Waals surface area contributed by atoms with Crippen LogP contribution < -0.4 is 0 Å². The van der Waals surface area contributed by atoms with Gasteiger partial charge in [-0.25, -0.2) is 8.42 Å². The molecule has 0 bridgehead atoms. The van der Waals surface area contributed by atoms with Gasteiger partial charge in [-0.2, -0.15) is 4.31 Å². The Morgan fingerprint density at radius 3 is 2.27 bits per heavy atom. The van der Waals surface area contributed by atoms with Crippen molar-refractivity contribution >= 4 is 21.6 Å². The van der Waals surface area contributed by atoms with E-state index in [0.29, 0.717) is 29.6 Å². The molecule has 2 aromatic rings. The first-order valence-corrected chi connectivity index (χ1v) is 10.4. The number of hydrogen-bond acceptors (Lipinski definition) is 4. The zero-order chi connectivity index (χ0) is 18.7. The fourth-order valence-electron chi connectivity index (χ4n) is 3.24. The first-order chi connectivity index (χ1) is 12.4. The highest BCUT2D eigenvalue weighted by molar-refractivity contribution is 7.89. The van der Waals surface area contributed by atoms with Crippen molar-refractivity contribution in [2.75, 3.05) is 33.3 Å². The first kappa shape index (κ1) is 19.3. The van der Waals surface area contributed by atoms with Crippen LogP contribution in [-0.4, -0.2) is 62.1 Å². The summed E-state index contributed by atoms with van der Waals surface area (Å²) < 4.78 is 27.3. The van der Waals surface area contributed by atoms with Gasteiger partial charge < -0.3 is 5.11 Å². The van der Waals surface area contributed by atoms with E-state index in [0.717, 1.165) is 17.5 Å². The molecule has 0 saturated carbocycles. The molecule has 1 aliphatic heterocycles. The van der Waals surface area contributed by atoms with E-state index in [1.54, 1.807) is 12.1 Å². The third-order valence-corrected chi connectivity index (χ3v) is 7.00. The highest BCUT2D eigenvalue weighted by Crippen LogP contribution is 2.26. The number of aliphatic hydroxyl groups excluding tert-OH is 1. The molecule has 26 heavy (non-hydrogen) atoms. The zero-order valence-corrected chi connectivity index (χ0v) is 16.2. The van der Waals surface area contributed by atoms with E-state index in [9.17, 15) is 8.42 Å². The molecule has 0 radical (unpaired) electrons. The van der Waals surface area contributed by atoms with E-state index < -0.39 is 10.0 Å². The Balaban J connectivity index is 1.75. The van der Waals surface area contributed by atoms with Crippen molar-refractivity contribution in [1.82, 2.24) is 9.21 Å². The number of hydrogen-bond donors (Lipinski definition) is 1. The maximum absolute atomic E-state index is 12.9. The molecule has 0 aliphatic carbocycles. The largest absolute Gasteiger partial charge is 0.395 e. The second-order valence-corrected chi connectivity index (χ2v) is 8.92. The van der Waals surface area contributed by atoms with E-state index in [4.69, 9.17) is 16.7 Å². The van der Waals surface area contributed by atoms with E-state index >= 15 is 0 Å². The van der Waals surface area contributed by atoms with Gasteiger partial charge in [0.2, 0.25) is 10.0 Å². The van der Waals surface area contributed by atoms with Crippen molar-refractivity contribution in [2.24, 2.45) is 0 Å². The number of likely N-dealkylation sites (N-methyl/N-ethyl adjacent to an activating group) is 1. The van der Waals surface area contributed by atoms with E-state index in [1.807, 2.05) is 48.3 Å². The van der Waals surface area contributed by atoms with E-state index in [2.05, 4.69) is 0 Å². The summed E-state index contributed by atoms with van der Waals surface area (Å²) >= 11 is 5.91.